The summed E-state index contributed by atoms with van der Waals surface area (Å²) in [6.07, 6.45) is 0. The first kappa shape index (κ1) is 11.5. The minimum atomic E-state index is 0.449. The van der Waals surface area contributed by atoms with Gasteiger partial charge < -0.3 is 19.6 Å². The molecule has 2 rings (SSSR count). The molecule has 1 heterocycles. The van der Waals surface area contributed by atoms with E-state index in [9.17, 15) is 0 Å². The number of nitrogens with two attached hydrogens (primary N) is 1. The third kappa shape index (κ3) is 2.42. The number of methoxy groups -OCH3 is 2. The average Bonchev–Trinajstić information content (AvgIpc) is 2.78. The van der Waals surface area contributed by atoms with Crippen LogP contribution < -0.4 is 10.5 Å². The normalized spacial score (nSPS) is 10.5. The highest BCUT2D eigenvalue weighted by Gasteiger charge is 2.10. The third-order valence-electron chi connectivity index (χ3n) is 2.44. The van der Waals surface area contributed by atoms with Gasteiger partial charge in [0.05, 0.1) is 12.7 Å². The maximum atomic E-state index is 5.76. The molecule has 0 aliphatic rings. The molecule has 0 bridgehead atoms. The molecular formula is C13H15NO3. The van der Waals surface area contributed by atoms with Gasteiger partial charge in [-0.2, -0.15) is 0 Å². The van der Waals surface area contributed by atoms with Crippen LogP contribution in [0.25, 0.3) is 11.3 Å². The summed E-state index contributed by atoms with van der Waals surface area (Å²) < 4.78 is 15.9. The van der Waals surface area contributed by atoms with E-state index in [0.717, 1.165) is 22.8 Å². The van der Waals surface area contributed by atoms with Gasteiger partial charge in [0.15, 0.2) is 0 Å². The molecule has 0 radical (unpaired) electrons. The lowest BCUT2D eigenvalue weighted by Gasteiger charge is -2.06. The summed E-state index contributed by atoms with van der Waals surface area (Å²) >= 11 is 0. The van der Waals surface area contributed by atoms with Crippen molar-refractivity contribution in [2.75, 3.05) is 20.0 Å². The van der Waals surface area contributed by atoms with Gasteiger partial charge in [-0.25, -0.2) is 0 Å². The Labute approximate surface area is 99.9 Å². The molecule has 0 atom stereocenters. The first-order chi connectivity index (χ1) is 8.24. The summed E-state index contributed by atoms with van der Waals surface area (Å²) in [6, 6.07) is 9.20. The van der Waals surface area contributed by atoms with Crippen LogP contribution >= 0.6 is 0 Å². The molecule has 90 valence electrons. The highest BCUT2D eigenvalue weighted by molar-refractivity contribution is 5.70. The fraction of sp³-hybridized carbons (Fsp3) is 0.231. The van der Waals surface area contributed by atoms with Crippen molar-refractivity contribution in [3.8, 4) is 17.1 Å². The summed E-state index contributed by atoms with van der Waals surface area (Å²) in [5, 5.41) is 0. The molecule has 0 spiro atoms. The van der Waals surface area contributed by atoms with Gasteiger partial charge in [-0.3, -0.25) is 0 Å². The molecule has 4 nitrogen and oxygen atoms in total. The predicted molar refractivity (Wildman–Crippen MR) is 65.8 cm³/mol. The van der Waals surface area contributed by atoms with Crippen LogP contribution in [0.4, 0.5) is 5.69 Å². The molecule has 0 aliphatic carbocycles. The zero-order chi connectivity index (χ0) is 12.3. The molecule has 2 N–H and O–H groups in total. The predicted octanol–water partition coefficient (Wildman–Crippen LogP) is 2.68. The quantitative estimate of drug-likeness (QED) is 0.825. The van der Waals surface area contributed by atoms with Gasteiger partial charge in [-0.05, 0) is 30.3 Å². The largest absolute Gasteiger partial charge is 0.496 e. The first-order valence-corrected chi connectivity index (χ1v) is 5.26. The molecule has 0 amide bonds. The van der Waals surface area contributed by atoms with Gasteiger partial charge in [0, 0.05) is 12.8 Å². The molecule has 1 aromatic heterocycles. The van der Waals surface area contributed by atoms with E-state index in [0.29, 0.717) is 12.3 Å². The van der Waals surface area contributed by atoms with Crippen molar-refractivity contribution >= 4 is 5.69 Å². The fourth-order valence-electron chi connectivity index (χ4n) is 1.66. The fourth-order valence-corrected chi connectivity index (χ4v) is 1.66. The molecular weight excluding hydrogens is 218 g/mol. The summed E-state index contributed by atoms with van der Waals surface area (Å²) in [6.45, 7) is 0.449. The van der Waals surface area contributed by atoms with Crippen LogP contribution in [0, 0.1) is 0 Å². The second-order valence-corrected chi connectivity index (χ2v) is 3.66. The molecule has 0 saturated carbocycles. The minimum Gasteiger partial charge on any atom is -0.496 e. The van der Waals surface area contributed by atoms with Crippen LogP contribution in [-0.2, 0) is 11.3 Å². The van der Waals surface area contributed by atoms with E-state index in [1.165, 1.54) is 0 Å². The molecule has 0 fully saturated rings. The summed E-state index contributed by atoms with van der Waals surface area (Å²) in [4.78, 5) is 0. The smallest absolute Gasteiger partial charge is 0.138 e. The second-order valence-electron chi connectivity index (χ2n) is 3.66. The van der Waals surface area contributed by atoms with Gasteiger partial charge >= 0.3 is 0 Å². The summed E-state index contributed by atoms with van der Waals surface area (Å²) in [5.74, 6) is 2.23. The number of ether oxygens (including phenoxy) is 2. The van der Waals surface area contributed by atoms with E-state index in [2.05, 4.69) is 0 Å². The van der Waals surface area contributed by atoms with Crippen molar-refractivity contribution in [2.45, 2.75) is 6.61 Å². The lowest BCUT2D eigenvalue weighted by molar-refractivity contribution is 0.165. The molecule has 0 unspecified atom stereocenters. The molecule has 2 aromatic rings. The van der Waals surface area contributed by atoms with Crippen LogP contribution in [0.1, 0.15) is 5.76 Å². The van der Waals surface area contributed by atoms with Crippen molar-refractivity contribution in [3.63, 3.8) is 0 Å². The van der Waals surface area contributed by atoms with E-state index >= 15 is 0 Å². The highest BCUT2D eigenvalue weighted by atomic mass is 16.5. The number of nitrogen functional groups attached to an aromatic ring is 1. The van der Waals surface area contributed by atoms with Crippen LogP contribution in [0.15, 0.2) is 34.7 Å². The maximum Gasteiger partial charge on any atom is 0.138 e. The SMILES string of the molecule is COCc1ccc(-c2cc(N)ccc2OC)o1. The lowest BCUT2D eigenvalue weighted by atomic mass is 10.1. The Morgan fingerprint density at radius 1 is 1.18 bits per heavy atom. The summed E-state index contributed by atoms with van der Waals surface area (Å²) in [7, 11) is 3.25. The topological polar surface area (TPSA) is 57.6 Å². The molecule has 0 saturated heterocycles. The van der Waals surface area contributed by atoms with E-state index in [1.54, 1.807) is 20.3 Å². The monoisotopic (exact) mass is 233 g/mol. The maximum absolute atomic E-state index is 5.76. The first-order valence-electron chi connectivity index (χ1n) is 5.26. The van der Waals surface area contributed by atoms with Crippen LogP contribution in [-0.4, -0.2) is 14.2 Å². The Kier molecular flexibility index (Phi) is 3.35. The standard InChI is InChI=1S/C13H15NO3/c1-15-8-10-4-6-13(17-10)11-7-9(14)3-5-12(11)16-2/h3-7H,8,14H2,1-2H3. The number of hydrogen-bond acceptors (Lipinski definition) is 4. The van der Waals surface area contributed by atoms with Gasteiger partial charge in [-0.15, -0.1) is 0 Å². The van der Waals surface area contributed by atoms with Crippen molar-refractivity contribution < 1.29 is 13.9 Å². The van der Waals surface area contributed by atoms with E-state index < -0.39 is 0 Å². The molecule has 1 aromatic carbocycles. The number of rotatable bonds is 4. The van der Waals surface area contributed by atoms with Crippen LogP contribution in [0.3, 0.4) is 0 Å². The Morgan fingerprint density at radius 2 is 2.00 bits per heavy atom. The lowest BCUT2D eigenvalue weighted by Crippen LogP contribution is -1.90. The number of benzene rings is 1. The van der Waals surface area contributed by atoms with Gasteiger partial charge in [0.1, 0.15) is 23.9 Å². The van der Waals surface area contributed by atoms with Crippen molar-refractivity contribution in [3.05, 3.63) is 36.1 Å². The number of hydrogen-bond donors (Lipinski definition) is 1. The summed E-state index contributed by atoms with van der Waals surface area (Å²) in [5.41, 5.74) is 7.28. The number of furan rings is 1. The van der Waals surface area contributed by atoms with Crippen molar-refractivity contribution in [1.29, 1.82) is 0 Å². The minimum absolute atomic E-state index is 0.449. The third-order valence-corrected chi connectivity index (χ3v) is 2.44. The number of anilines is 1. The van der Waals surface area contributed by atoms with E-state index in [-0.39, 0.29) is 0 Å². The van der Waals surface area contributed by atoms with Crippen LogP contribution in [0.5, 0.6) is 5.75 Å². The highest BCUT2D eigenvalue weighted by Crippen LogP contribution is 2.32. The second kappa shape index (κ2) is 4.93. The van der Waals surface area contributed by atoms with Gasteiger partial charge in [0.25, 0.3) is 0 Å². The Bertz CT molecular complexity index is 505. The van der Waals surface area contributed by atoms with Crippen molar-refractivity contribution in [2.24, 2.45) is 0 Å². The molecule has 0 aliphatic heterocycles. The molecule has 17 heavy (non-hydrogen) atoms. The zero-order valence-corrected chi connectivity index (χ0v) is 9.90. The Morgan fingerprint density at radius 3 is 2.71 bits per heavy atom. The molecule has 4 heteroatoms. The van der Waals surface area contributed by atoms with Crippen LogP contribution in [0.2, 0.25) is 0 Å². The Hall–Kier alpha value is -1.94. The van der Waals surface area contributed by atoms with Gasteiger partial charge in [-0.1, -0.05) is 0 Å². The van der Waals surface area contributed by atoms with E-state index in [4.69, 9.17) is 19.6 Å². The zero-order valence-electron chi connectivity index (χ0n) is 9.90. The van der Waals surface area contributed by atoms with Gasteiger partial charge in [0.2, 0.25) is 0 Å². The van der Waals surface area contributed by atoms with Crippen molar-refractivity contribution in [1.82, 2.24) is 0 Å². The Balaban J connectivity index is 2.40. The van der Waals surface area contributed by atoms with E-state index in [1.807, 2.05) is 24.3 Å². The average molecular weight is 233 g/mol.